The number of hydrogen-bond donors (Lipinski definition) is 1. The third-order valence-electron chi connectivity index (χ3n) is 4.03. The lowest BCUT2D eigenvalue weighted by atomic mass is 10.1. The first kappa shape index (κ1) is 15.5. The summed E-state index contributed by atoms with van der Waals surface area (Å²) in [4.78, 5) is 15.8. The van der Waals surface area contributed by atoms with Crippen LogP contribution in [0, 0.1) is 0 Å². The molecule has 1 N–H and O–H groups in total. The van der Waals surface area contributed by atoms with Crippen LogP contribution in [0.4, 0.5) is 0 Å². The third kappa shape index (κ3) is 3.59. The lowest BCUT2D eigenvalue weighted by molar-refractivity contribution is 0.0696. The SMILES string of the molecule is CCC1CN(Cc2ccc(C(=O)O)cc2Br)CCN1C. The first-order chi connectivity index (χ1) is 9.51. The number of likely N-dealkylation sites (N-methyl/N-ethyl adjacent to an activating group) is 1. The molecule has 1 aliphatic rings. The van der Waals surface area contributed by atoms with Gasteiger partial charge in [-0.2, -0.15) is 0 Å². The Balaban J connectivity index is 2.05. The minimum Gasteiger partial charge on any atom is -0.478 e. The van der Waals surface area contributed by atoms with Crippen LogP contribution in [-0.2, 0) is 6.54 Å². The molecule has 1 aromatic carbocycles. The van der Waals surface area contributed by atoms with Crippen molar-refractivity contribution in [2.45, 2.75) is 25.9 Å². The molecule has 1 fully saturated rings. The zero-order valence-electron chi connectivity index (χ0n) is 12.0. The quantitative estimate of drug-likeness (QED) is 0.915. The summed E-state index contributed by atoms with van der Waals surface area (Å²) in [5.41, 5.74) is 1.47. The molecule has 0 spiro atoms. The highest BCUT2D eigenvalue weighted by Gasteiger charge is 2.23. The van der Waals surface area contributed by atoms with Crippen LogP contribution in [0.15, 0.2) is 22.7 Å². The molecule has 2 rings (SSSR count). The average molecular weight is 341 g/mol. The maximum Gasteiger partial charge on any atom is 0.335 e. The van der Waals surface area contributed by atoms with Gasteiger partial charge in [-0.25, -0.2) is 4.79 Å². The normalized spacial score (nSPS) is 21.1. The second-order valence-electron chi connectivity index (χ2n) is 5.39. The second-order valence-corrected chi connectivity index (χ2v) is 6.24. The molecule has 0 bridgehead atoms. The summed E-state index contributed by atoms with van der Waals surface area (Å²) in [6.45, 7) is 6.30. The average Bonchev–Trinajstić information content (AvgIpc) is 2.42. The first-order valence-corrected chi connectivity index (χ1v) is 7.75. The molecule has 110 valence electrons. The van der Waals surface area contributed by atoms with Gasteiger partial charge in [-0.15, -0.1) is 0 Å². The minimum atomic E-state index is -0.886. The van der Waals surface area contributed by atoms with Crippen LogP contribution in [0.25, 0.3) is 0 Å². The van der Waals surface area contributed by atoms with Gasteiger partial charge in [0.2, 0.25) is 0 Å². The highest BCUT2D eigenvalue weighted by molar-refractivity contribution is 9.10. The molecule has 1 saturated heterocycles. The van der Waals surface area contributed by atoms with Crippen LogP contribution >= 0.6 is 15.9 Å². The molecule has 0 aromatic heterocycles. The Morgan fingerprint density at radius 1 is 1.45 bits per heavy atom. The molecular formula is C15H21BrN2O2. The first-order valence-electron chi connectivity index (χ1n) is 6.95. The monoisotopic (exact) mass is 340 g/mol. The van der Waals surface area contributed by atoms with Crippen molar-refractivity contribution in [1.29, 1.82) is 0 Å². The van der Waals surface area contributed by atoms with Crippen LogP contribution in [-0.4, -0.2) is 53.6 Å². The second kappa shape index (κ2) is 6.70. The Bertz CT molecular complexity index is 493. The lowest BCUT2D eigenvalue weighted by Crippen LogP contribution is -2.50. The van der Waals surface area contributed by atoms with Crippen LogP contribution in [0.2, 0.25) is 0 Å². The van der Waals surface area contributed by atoms with Gasteiger partial charge in [-0.1, -0.05) is 28.9 Å². The van der Waals surface area contributed by atoms with E-state index in [4.69, 9.17) is 5.11 Å². The number of benzene rings is 1. The van der Waals surface area contributed by atoms with E-state index in [1.165, 1.54) is 0 Å². The third-order valence-corrected chi connectivity index (χ3v) is 4.76. The smallest absolute Gasteiger partial charge is 0.335 e. The van der Waals surface area contributed by atoms with E-state index in [1.807, 2.05) is 6.07 Å². The number of hydrogen-bond acceptors (Lipinski definition) is 3. The van der Waals surface area contributed by atoms with Gasteiger partial charge in [0.1, 0.15) is 0 Å². The molecule has 0 aliphatic carbocycles. The predicted octanol–water partition coefficient (Wildman–Crippen LogP) is 2.67. The fourth-order valence-electron chi connectivity index (χ4n) is 2.64. The fourth-order valence-corrected chi connectivity index (χ4v) is 3.15. The standard InChI is InChI=1S/C15H21BrN2O2/c1-3-13-10-18(7-6-17(13)2)9-12-5-4-11(15(19)20)8-14(12)16/h4-5,8,13H,3,6-7,9-10H2,1-2H3,(H,19,20). The van der Waals surface area contributed by atoms with Crippen molar-refractivity contribution in [3.05, 3.63) is 33.8 Å². The van der Waals surface area contributed by atoms with Gasteiger partial charge in [0.15, 0.2) is 0 Å². The number of nitrogens with zero attached hydrogens (tertiary/aromatic N) is 2. The zero-order valence-corrected chi connectivity index (χ0v) is 13.6. The molecule has 4 nitrogen and oxygen atoms in total. The maximum absolute atomic E-state index is 10.9. The summed E-state index contributed by atoms with van der Waals surface area (Å²) in [6.07, 6.45) is 1.16. The largest absolute Gasteiger partial charge is 0.478 e. The molecule has 0 radical (unpaired) electrons. The lowest BCUT2D eigenvalue weighted by Gasteiger charge is -2.39. The van der Waals surface area contributed by atoms with Crippen LogP contribution < -0.4 is 0 Å². The van der Waals surface area contributed by atoms with Crippen LogP contribution in [0.5, 0.6) is 0 Å². The van der Waals surface area contributed by atoms with Crippen molar-refractivity contribution in [3.63, 3.8) is 0 Å². The van der Waals surface area contributed by atoms with E-state index in [-0.39, 0.29) is 0 Å². The van der Waals surface area contributed by atoms with E-state index in [9.17, 15) is 4.79 Å². The van der Waals surface area contributed by atoms with Gasteiger partial charge in [0.25, 0.3) is 0 Å². The molecule has 1 aliphatic heterocycles. The molecule has 0 saturated carbocycles. The van der Waals surface area contributed by atoms with Gasteiger partial charge in [0, 0.05) is 36.7 Å². The Kier molecular flexibility index (Phi) is 5.18. The van der Waals surface area contributed by atoms with Gasteiger partial charge >= 0.3 is 5.97 Å². The van der Waals surface area contributed by atoms with Crippen LogP contribution in [0.3, 0.4) is 0 Å². The highest BCUT2D eigenvalue weighted by atomic mass is 79.9. The molecule has 1 aromatic rings. The maximum atomic E-state index is 10.9. The Morgan fingerprint density at radius 3 is 2.80 bits per heavy atom. The predicted molar refractivity (Wildman–Crippen MR) is 83.1 cm³/mol. The van der Waals surface area contributed by atoms with Crippen molar-refractivity contribution < 1.29 is 9.90 Å². The summed E-state index contributed by atoms with van der Waals surface area (Å²) in [5.74, 6) is -0.886. The fraction of sp³-hybridized carbons (Fsp3) is 0.533. The van der Waals surface area contributed by atoms with E-state index in [2.05, 4.69) is 39.7 Å². The van der Waals surface area contributed by atoms with Gasteiger partial charge < -0.3 is 10.0 Å². The molecule has 0 amide bonds. The minimum absolute atomic E-state index is 0.324. The van der Waals surface area contributed by atoms with E-state index in [0.717, 1.165) is 42.6 Å². The summed E-state index contributed by atoms with van der Waals surface area (Å²) in [5, 5.41) is 8.98. The number of aromatic carboxylic acids is 1. The van der Waals surface area contributed by atoms with Crippen molar-refractivity contribution in [2.75, 3.05) is 26.7 Å². The molecule has 1 unspecified atom stereocenters. The van der Waals surface area contributed by atoms with E-state index in [1.54, 1.807) is 12.1 Å². The molecule has 5 heteroatoms. The molecular weight excluding hydrogens is 320 g/mol. The van der Waals surface area contributed by atoms with Crippen molar-refractivity contribution in [1.82, 2.24) is 9.80 Å². The Morgan fingerprint density at radius 2 is 2.20 bits per heavy atom. The highest BCUT2D eigenvalue weighted by Crippen LogP contribution is 2.22. The summed E-state index contributed by atoms with van der Waals surface area (Å²) >= 11 is 3.49. The van der Waals surface area contributed by atoms with Crippen molar-refractivity contribution in [3.8, 4) is 0 Å². The van der Waals surface area contributed by atoms with Crippen LogP contribution in [0.1, 0.15) is 29.3 Å². The number of carboxylic acids is 1. The number of rotatable bonds is 4. The zero-order chi connectivity index (χ0) is 14.7. The number of halogens is 1. The number of carboxylic acid groups (broad SMARTS) is 1. The molecule has 20 heavy (non-hydrogen) atoms. The Hall–Kier alpha value is -0.910. The summed E-state index contributed by atoms with van der Waals surface area (Å²) in [7, 11) is 2.18. The van der Waals surface area contributed by atoms with E-state index >= 15 is 0 Å². The summed E-state index contributed by atoms with van der Waals surface area (Å²) in [6, 6.07) is 5.88. The summed E-state index contributed by atoms with van der Waals surface area (Å²) < 4.78 is 0.879. The van der Waals surface area contributed by atoms with Gasteiger partial charge in [0.05, 0.1) is 5.56 Å². The Labute approximate surface area is 128 Å². The number of carbonyl (C=O) groups is 1. The molecule has 1 atom stereocenters. The van der Waals surface area contributed by atoms with Gasteiger partial charge in [-0.3, -0.25) is 4.90 Å². The van der Waals surface area contributed by atoms with E-state index < -0.39 is 5.97 Å². The van der Waals surface area contributed by atoms with Gasteiger partial charge in [-0.05, 0) is 31.2 Å². The van der Waals surface area contributed by atoms with Crippen molar-refractivity contribution in [2.24, 2.45) is 0 Å². The molecule has 1 heterocycles. The van der Waals surface area contributed by atoms with E-state index in [0.29, 0.717) is 11.6 Å². The topological polar surface area (TPSA) is 43.8 Å². The number of piperazine rings is 1. The van der Waals surface area contributed by atoms with Crippen molar-refractivity contribution >= 4 is 21.9 Å².